The lowest BCUT2D eigenvalue weighted by molar-refractivity contribution is -0.105. The van der Waals surface area contributed by atoms with Crippen LogP contribution in [0.15, 0.2) is 42.6 Å². The lowest BCUT2D eigenvalue weighted by atomic mass is 10.0. The van der Waals surface area contributed by atoms with Crippen molar-refractivity contribution in [2.24, 2.45) is 0 Å². The van der Waals surface area contributed by atoms with Crippen LogP contribution in [0.5, 0.6) is 0 Å². The third kappa shape index (κ3) is 3.60. The van der Waals surface area contributed by atoms with Gasteiger partial charge in [-0.3, -0.25) is 9.69 Å². The van der Waals surface area contributed by atoms with Gasteiger partial charge >= 0.3 is 0 Å². The molecule has 7 heteroatoms. The van der Waals surface area contributed by atoms with Gasteiger partial charge in [-0.15, -0.1) is 0 Å². The Labute approximate surface area is 154 Å². The Balaban J connectivity index is 1.57. The van der Waals surface area contributed by atoms with Gasteiger partial charge < -0.3 is 14.9 Å². The molecule has 0 saturated carbocycles. The summed E-state index contributed by atoms with van der Waals surface area (Å²) in [5.41, 5.74) is 4.10. The minimum absolute atomic E-state index is 0.523. The largest absolute Gasteiger partial charge is 0.616 e. The number of carbonyl (C=O) groups excluding carboxylic acids is 1. The van der Waals surface area contributed by atoms with Gasteiger partial charge in [0.25, 0.3) is 0 Å². The van der Waals surface area contributed by atoms with Gasteiger partial charge in [-0.2, -0.15) is 0 Å². The summed E-state index contributed by atoms with van der Waals surface area (Å²) in [6.07, 6.45) is 2.48. The number of hydrogen-bond acceptors (Lipinski definition) is 4. The quantitative estimate of drug-likeness (QED) is 0.535. The van der Waals surface area contributed by atoms with E-state index in [1.807, 2.05) is 18.3 Å². The molecule has 1 amide bonds. The van der Waals surface area contributed by atoms with Crippen LogP contribution in [0.3, 0.4) is 0 Å². The second kappa shape index (κ2) is 7.49. The minimum atomic E-state index is -0.642. The lowest BCUT2D eigenvalue weighted by Gasteiger charge is -2.28. The highest BCUT2D eigenvalue weighted by Gasteiger charge is 2.19. The van der Waals surface area contributed by atoms with Crippen molar-refractivity contribution >= 4 is 34.4 Å². The Morgan fingerprint density at radius 3 is 2.73 bits per heavy atom. The molecule has 2 aromatic heterocycles. The van der Waals surface area contributed by atoms with Gasteiger partial charge in [0.2, 0.25) is 6.41 Å². The Hall–Kier alpha value is -2.35. The van der Waals surface area contributed by atoms with Crippen molar-refractivity contribution in [3.8, 4) is 11.1 Å². The normalized spacial score (nSPS) is 16.0. The smallest absolute Gasteiger partial charge is 0.212 e. The van der Waals surface area contributed by atoms with E-state index in [1.54, 1.807) is 0 Å². The first-order chi connectivity index (χ1) is 12.7. The molecule has 1 aliphatic heterocycles. The number of nitrogens with one attached hydrogen (secondary N) is 2. The zero-order valence-corrected chi connectivity index (χ0v) is 15.1. The number of rotatable bonds is 5. The molecule has 3 aromatic rings. The molecule has 1 saturated heterocycles. The van der Waals surface area contributed by atoms with E-state index in [-0.39, 0.29) is 0 Å². The molecular weight excluding hydrogens is 348 g/mol. The molecule has 2 N–H and O–H groups in total. The maximum Gasteiger partial charge on any atom is 0.212 e. The van der Waals surface area contributed by atoms with Crippen LogP contribution >= 0.6 is 0 Å². The standard InChI is InChI=1S/C19H20N4O2S/c24-13-21-18-11-17(16-5-6-20-19(16)22-18)15-3-1-14(2-4-15)12-23-7-9-26(25)10-8-23/h1-6,11,13H,7-10,12H2,(H2,20,21,22,24). The fraction of sp³-hybridized carbons (Fsp3) is 0.263. The van der Waals surface area contributed by atoms with Crippen molar-refractivity contribution in [3.63, 3.8) is 0 Å². The van der Waals surface area contributed by atoms with Crippen molar-refractivity contribution < 1.29 is 9.35 Å². The molecule has 1 fully saturated rings. The molecule has 4 rings (SSSR count). The summed E-state index contributed by atoms with van der Waals surface area (Å²) < 4.78 is 11.5. The predicted molar refractivity (Wildman–Crippen MR) is 104 cm³/mol. The van der Waals surface area contributed by atoms with Gasteiger partial charge in [0, 0.05) is 31.2 Å². The van der Waals surface area contributed by atoms with Gasteiger partial charge in [0.15, 0.2) is 0 Å². The van der Waals surface area contributed by atoms with Crippen LogP contribution in [-0.2, 0) is 22.5 Å². The van der Waals surface area contributed by atoms with E-state index in [9.17, 15) is 9.35 Å². The van der Waals surface area contributed by atoms with Gasteiger partial charge in [-0.1, -0.05) is 35.4 Å². The van der Waals surface area contributed by atoms with Gasteiger partial charge in [-0.05, 0) is 28.8 Å². The predicted octanol–water partition coefficient (Wildman–Crippen LogP) is 2.36. The molecule has 1 aliphatic rings. The Bertz CT molecular complexity index is 902. The molecule has 0 unspecified atom stereocenters. The number of anilines is 1. The molecule has 0 bridgehead atoms. The maximum atomic E-state index is 11.5. The highest BCUT2D eigenvalue weighted by atomic mass is 32.2. The van der Waals surface area contributed by atoms with Crippen LogP contribution in [0.1, 0.15) is 5.56 Å². The first-order valence-corrected chi connectivity index (χ1v) is 10.1. The van der Waals surface area contributed by atoms with Crippen LogP contribution < -0.4 is 5.32 Å². The third-order valence-electron chi connectivity index (χ3n) is 4.68. The number of amides is 1. The number of hydrogen-bond donors (Lipinski definition) is 2. The van der Waals surface area contributed by atoms with E-state index >= 15 is 0 Å². The van der Waals surface area contributed by atoms with Gasteiger partial charge in [-0.25, -0.2) is 4.98 Å². The summed E-state index contributed by atoms with van der Waals surface area (Å²) >= 11 is -0.642. The van der Waals surface area contributed by atoms with E-state index in [1.165, 1.54) is 5.56 Å². The fourth-order valence-corrected chi connectivity index (χ4v) is 4.42. The van der Waals surface area contributed by atoms with E-state index in [0.29, 0.717) is 12.2 Å². The first kappa shape index (κ1) is 17.1. The molecule has 26 heavy (non-hydrogen) atoms. The summed E-state index contributed by atoms with van der Waals surface area (Å²) in [4.78, 5) is 20.6. The summed E-state index contributed by atoms with van der Waals surface area (Å²) in [6, 6.07) is 12.3. The number of fused-ring (bicyclic) bond motifs is 1. The van der Waals surface area contributed by atoms with E-state index in [4.69, 9.17) is 0 Å². The number of nitrogens with zero attached hydrogens (tertiary/aromatic N) is 2. The summed E-state index contributed by atoms with van der Waals surface area (Å²) in [5.74, 6) is 2.07. The van der Waals surface area contributed by atoms with Crippen molar-refractivity contribution in [1.29, 1.82) is 0 Å². The summed E-state index contributed by atoms with van der Waals surface area (Å²) in [7, 11) is 0. The highest BCUT2D eigenvalue weighted by Crippen LogP contribution is 2.30. The van der Waals surface area contributed by atoms with Crippen LogP contribution in [0.2, 0.25) is 0 Å². The molecule has 0 atom stereocenters. The summed E-state index contributed by atoms with van der Waals surface area (Å²) in [6.45, 7) is 2.66. The molecule has 0 spiro atoms. The first-order valence-electron chi connectivity index (χ1n) is 8.58. The van der Waals surface area contributed by atoms with E-state index in [0.717, 1.165) is 53.3 Å². The second-order valence-electron chi connectivity index (χ2n) is 6.38. The molecule has 0 aliphatic carbocycles. The van der Waals surface area contributed by atoms with Crippen LogP contribution in [0.4, 0.5) is 5.82 Å². The number of carbonyl (C=O) groups is 1. The number of benzene rings is 1. The topological polar surface area (TPSA) is 84.1 Å². The number of aromatic amines is 1. The average Bonchev–Trinajstić information content (AvgIpc) is 3.13. The second-order valence-corrected chi connectivity index (χ2v) is 8.07. The number of H-pyrrole nitrogens is 1. The zero-order chi connectivity index (χ0) is 17.9. The van der Waals surface area contributed by atoms with E-state index in [2.05, 4.69) is 44.5 Å². The van der Waals surface area contributed by atoms with Crippen LogP contribution in [0.25, 0.3) is 22.2 Å². The molecule has 6 nitrogen and oxygen atoms in total. The average molecular weight is 368 g/mol. The summed E-state index contributed by atoms with van der Waals surface area (Å²) in [5, 5.41) is 3.65. The number of aromatic nitrogens is 2. The SMILES string of the molecule is O=CNc1cc(-c2ccc(CN3CC[S+]([O-])CC3)cc2)c2cc[nH]c2n1. The molecular formula is C19H20N4O2S. The maximum absolute atomic E-state index is 11.5. The van der Waals surface area contributed by atoms with Crippen molar-refractivity contribution in [2.45, 2.75) is 6.54 Å². The Morgan fingerprint density at radius 2 is 2.00 bits per heavy atom. The lowest BCUT2D eigenvalue weighted by Crippen LogP contribution is -2.39. The minimum Gasteiger partial charge on any atom is -0.616 e. The monoisotopic (exact) mass is 368 g/mol. The molecule has 1 aromatic carbocycles. The number of pyridine rings is 1. The Morgan fingerprint density at radius 1 is 1.23 bits per heavy atom. The molecule has 134 valence electrons. The third-order valence-corrected chi connectivity index (χ3v) is 5.95. The van der Waals surface area contributed by atoms with Crippen LogP contribution in [-0.4, -0.2) is 50.4 Å². The fourth-order valence-electron chi connectivity index (χ4n) is 3.29. The highest BCUT2D eigenvalue weighted by molar-refractivity contribution is 7.91. The van der Waals surface area contributed by atoms with E-state index < -0.39 is 11.2 Å². The van der Waals surface area contributed by atoms with Gasteiger partial charge in [0.05, 0.1) is 0 Å². The van der Waals surface area contributed by atoms with Crippen LogP contribution in [0, 0.1) is 0 Å². The van der Waals surface area contributed by atoms with Crippen molar-refractivity contribution in [2.75, 3.05) is 29.9 Å². The van der Waals surface area contributed by atoms with Crippen molar-refractivity contribution in [3.05, 3.63) is 48.2 Å². The zero-order valence-electron chi connectivity index (χ0n) is 14.3. The Kier molecular flexibility index (Phi) is 4.92. The molecule has 3 heterocycles. The van der Waals surface area contributed by atoms with Crippen molar-refractivity contribution in [1.82, 2.24) is 14.9 Å². The van der Waals surface area contributed by atoms with Gasteiger partial charge in [0.1, 0.15) is 23.0 Å². The molecule has 0 radical (unpaired) electrons.